The minimum absolute atomic E-state index is 0.319. The minimum atomic E-state index is -5.08. The van der Waals surface area contributed by atoms with E-state index in [1.165, 1.54) is 17.7 Å². The van der Waals surface area contributed by atoms with E-state index in [1.807, 2.05) is 18.2 Å². The number of alkyl halides is 9. The van der Waals surface area contributed by atoms with E-state index in [0.29, 0.717) is 48.7 Å². The molecule has 2 aliphatic rings. The van der Waals surface area contributed by atoms with Gasteiger partial charge in [-0.3, -0.25) is 0 Å². The second kappa shape index (κ2) is 17.6. The fourth-order valence-electron chi connectivity index (χ4n) is 5.13. The molecule has 6 bridgehead atoms. The van der Waals surface area contributed by atoms with E-state index >= 15 is 0 Å². The molecule has 56 heavy (non-hydrogen) atoms. The first-order valence-electron chi connectivity index (χ1n) is 16.0. The van der Waals surface area contributed by atoms with Crippen molar-refractivity contribution in [2.24, 2.45) is 0 Å². The van der Waals surface area contributed by atoms with Crippen LogP contribution in [0.25, 0.3) is 0 Å². The molecule has 0 atom stereocenters. The quantitative estimate of drug-likeness (QED) is 0.124. The zero-order valence-corrected chi connectivity index (χ0v) is 29.1. The SMILES string of the molecule is O=C(Nc1ccc(C(F)(F)F)cc1)N1CCN(c2ccc3cc2CCc2cccc(c2)Nc2ncc(Cl)c(n2)N3)CC1.O=C(O)C(F)(F)F.O=C(O)C(F)(F)F. The first kappa shape index (κ1) is 42.7. The van der Waals surface area contributed by atoms with Crippen molar-refractivity contribution in [1.82, 2.24) is 14.9 Å². The van der Waals surface area contributed by atoms with Crippen LogP contribution in [0.3, 0.4) is 0 Å². The molecule has 3 aromatic carbocycles. The monoisotopic (exact) mass is 821 g/mol. The molecule has 4 aromatic rings. The molecule has 5 N–H and O–H groups in total. The number of carboxylic acids is 2. The molecule has 0 unspecified atom stereocenters. The van der Waals surface area contributed by atoms with Crippen molar-refractivity contribution in [1.29, 1.82) is 0 Å². The van der Waals surface area contributed by atoms with E-state index in [1.54, 1.807) is 11.1 Å². The Morgan fingerprint density at radius 2 is 1.34 bits per heavy atom. The number of aromatic nitrogens is 2. The summed E-state index contributed by atoms with van der Waals surface area (Å²) >= 11 is 6.40. The summed E-state index contributed by atoms with van der Waals surface area (Å²) in [6.45, 7) is 2.17. The normalized spacial score (nSPS) is 14.0. The smallest absolute Gasteiger partial charge is 0.475 e. The maximum atomic E-state index is 12.9. The average molecular weight is 822 g/mol. The second-order valence-corrected chi connectivity index (χ2v) is 12.2. The van der Waals surface area contributed by atoms with Crippen molar-refractivity contribution in [2.75, 3.05) is 47.0 Å². The standard InChI is InChI=1S/C30H27ClF3N7O.2C2HF3O2/c31-25-18-35-28-37-23-3-1-2-19(16-23)4-5-20-17-24(36-27(25)39-28)10-11-26(20)40-12-14-41(15-13-40)29(42)38-22-8-6-21(7-9-22)30(32,33)34;2*3-2(4,5)1(6)7/h1-3,6-11,16-18H,4-5,12-15H2,(H,38,42)(H2,35,36,37,39);2*(H,6,7). The molecule has 0 saturated carbocycles. The lowest BCUT2D eigenvalue weighted by molar-refractivity contribution is -0.193. The summed E-state index contributed by atoms with van der Waals surface area (Å²) in [5, 5.41) is 23.9. The number of aryl methyl sites for hydroxylation is 2. The third-order valence-corrected chi connectivity index (χ3v) is 8.09. The summed E-state index contributed by atoms with van der Waals surface area (Å²) in [6.07, 6.45) is -11.4. The third kappa shape index (κ3) is 12.3. The van der Waals surface area contributed by atoms with Gasteiger partial charge in [-0.25, -0.2) is 19.4 Å². The van der Waals surface area contributed by atoms with Gasteiger partial charge < -0.3 is 36.0 Å². The van der Waals surface area contributed by atoms with Crippen LogP contribution in [-0.4, -0.2) is 81.6 Å². The van der Waals surface area contributed by atoms with Gasteiger partial charge in [0, 0.05) is 48.9 Å². The van der Waals surface area contributed by atoms with E-state index < -0.39 is 36.0 Å². The van der Waals surface area contributed by atoms with Gasteiger partial charge in [0.25, 0.3) is 0 Å². The lowest BCUT2D eigenvalue weighted by Crippen LogP contribution is -2.50. The lowest BCUT2D eigenvalue weighted by Gasteiger charge is -2.37. The van der Waals surface area contributed by atoms with E-state index in [0.717, 1.165) is 47.6 Å². The highest BCUT2D eigenvalue weighted by molar-refractivity contribution is 6.32. The van der Waals surface area contributed by atoms with Crippen molar-refractivity contribution in [3.05, 3.63) is 94.6 Å². The van der Waals surface area contributed by atoms with Crippen LogP contribution in [0.1, 0.15) is 16.7 Å². The lowest BCUT2D eigenvalue weighted by atomic mass is 10.0. The fraction of sp³-hybridized carbons (Fsp3) is 0.265. The number of hydrogen-bond acceptors (Lipinski definition) is 8. The molecule has 22 heteroatoms. The Morgan fingerprint density at radius 1 is 0.750 bits per heavy atom. The molecule has 0 radical (unpaired) electrons. The predicted octanol–water partition coefficient (Wildman–Crippen LogP) is 8.36. The van der Waals surface area contributed by atoms with Crippen molar-refractivity contribution < 1.29 is 64.1 Å². The molecule has 3 heterocycles. The van der Waals surface area contributed by atoms with Gasteiger partial charge in [-0.05, 0) is 78.6 Å². The maximum Gasteiger partial charge on any atom is 0.490 e. The molecular formula is C34H29ClF9N7O5. The molecule has 0 spiro atoms. The molecule has 1 aromatic heterocycles. The number of carbonyl (C=O) groups is 3. The fourth-order valence-corrected chi connectivity index (χ4v) is 5.27. The van der Waals surface area contributed by atoms with Gasteiger partial charge in [-0.2, -0.15) is 44.5 Å². The van der Waals surface area contributed by atoms with Gasteiger partial charge >= 0.3 is 36.5 Å². The van der Waals surface area contributed by atoms with Crippen LogP contribution < -0.4 is 20.9 Å². The zero-order chi connectivity index (χ0) is 41.4. The summed E-state index contributed by atoms with van der Waals surface area (Å²) in [4.78, 5) is 43.4. The summed E-state index contributed by atoms with van der Waals surface area (Å²) in [5.74, 6) is -4.58. The largest absolute Gasteiger partial charge is 0.490 e. The summed E-state index contributed by atoms with van der Waals surface area (Å²) < 4.78 is 102. The summed E-state index contributed by atoms with van der Waals surface area (Å²) in [5.41, 5.74) is 4.70. The zero-order valence-electron chi connectivity index (χ0n) is 28.4. The van der Waals surface area contributed by atoms with E-state index in [9.17, 15) is 44.3 Å². The predicted molar refractivity (Wildman–Crippen MR) is 186 cm³/mol. The van der Waals surface area contributed by atoms with Crippen LogP contribution in [0, 0.1) is 0 Å². The average Bonchev–Trinajstić information content (AvgIpc) is 3.12. The Morgan fingerprint density at radius 3 is 1.91 bits per heavy atom. The van der Waals surface area contributed by atoms with Crippen LogP contribution in [-0.2, 0) is 28.6 Å². The van der Waals surface area contributed by atoms with Crippen molar-refractivity contribution in [3.8, 4) is 0 Å². The molecule has 12 nitrogen and oxygen atoms in total. The molecule has 1 fully saturated rings. The molecule has 0 aliphatic carbocycles. The van der Waals surface area contributed by atoms with Gasteiger partial charge in [0.05, 0.1) is 11.8 Å². The number of hydrogen-bond donors (Lipinski definition) is 5. The van der Waals surface area contributed by atoms with Crippen LogP contribution in [0.4, 0.5) is 78.8 Å². The maximum absolute atomic E-state index is 12.9. The number of nitrogens with one attached hydrogen (secondary N) is 3. The number of halogens is 10. The Bertz CT molecular complexity index is 2000. The number of benzene rings is 3. The van der Waals surface area contributed by atoms with Gasteiger partial charge in [0.2, 0.25) is 5.95 Å². The highest BCUT2D eigenvalue weighted by Crippen LogP contribution is 2.32. The second-order valence-electron chi connectivity index (χ2n) is 11.8. The van der Waals surface area contributed by atoms with Crippen molar-refractivity contribution >= 4 is 64.1 Å². The number of rotatable bonds is 2. The van der Waals surface area contributed by atoms with Gasteiger partial charge in [0.1, 0.15) is 5.02 Å². The highest BCUT2D eigenvalue weighted by atomic mass is 35.5. The Labute approximate surface area is 315 Å². The molecule has 300 valence electrons. The highest BCUT2D eigenvalue weighted by Gasteiger charge is 2.39. The number of aliphatic carboxylic acids is 2. The topological polar surface area (TPSA) is 160 Å². The summed E-state index contributed by atoms with van der Waals surface area (Å²) in [6, 6.07) is 18.4. The van der Waals surface area contributed by atoms with Gasteiger partial charge in [-0.1, -0.05) is 23.7 Å². The molecule has 1 saturated heterocycles. The molecule has 2 amide bonds. The molecular weight excluding hydrogens is 793 g/mol. The van der Waals surface area contributed by atoms with E-state index in [-0.39, 0.29) is 6.03 Å². The Balaban J connectivity index is 0.000000425. The number of nitrogens with zero attached hydrogens (tertiary/aromatic N) is 4. The Hall–Kier alpha value is -5.99. The number of urea groups is 1. The van der Waals surface area contributed by atoms with Crippen LogP contribution >= 0.6 is 11.6 Å². The van der Waals surface area contributed by atoms with Gasteiger partial charge in [0.15, 0.2) is 5.82 Å². The van der Waals surface area contributed by atoms with Gasteiger partial charge in [-0.15, -0.1) is 0 Å². The Kier molecular flexibility index (Phi) is 13.5. The van der Waals surface area contributed by atoms with Crippen LogP contribution in [0.15, 0.2) is 72.9 Å². The molecule has 6 rings (SSSR count). The van der Waals surface area contributed by atoms with Crippen molar-refractivity contribution in [2.45, 2.75) is 31.4 Å². The third-order valence-electron chi connectivity index (χ3n) is 7.81. The van der Waals surface area contributed by atoms with Crippen molar-refractivity contribution in [3.63, 3.8) is 0 Å². The summed E-state index contributed by atoms with van der Waals surface area (Å²) in [7, 11) is 0. The molecule has 2 aliphatic heterocycles. The number of carbonyl (C=O) groups excluding carboxylic acids is 1. The van der Waals surface area contributed by atoms with Crippen LogP contribution in [0.2, 0.25) is 5.02 Å². The number of piperazine rings is 1. The number of anilines is 6. The van der Waals surface area contributed by atoms with E-state index in [2.05, 4.69) is 55.1 Å². The van der Waals surface area contributed by atoms with Crippen LogP contribution in [0.5, 0.6) is 0 Å². The first-order chi connectivity index (χ1) is 26.1. The minimum Gasteiger partial charge on any atom is -0.475 e. The number of fused-ring (bicyclic) bond motifs is 6. The number of carboxylic acid groups (broad SMARTS) is 2. The first-order valence-corrected chi connectivity index (χ1v) is 16.3. The van der Waals surface area contributed by atoms with E-state index in [4.69, 9.17) is 31.4 Å². The number of amides is 2.